The molecule has 0 unspecified atom stereocenters. The number of amides is 1. The lowest BCUT2D eigenvalue weighted by atomic mass is 10.0. The van der Waals surface area contributed by atoms with Crippen LogP contribution in [0.15, 0.2) is 48.2 Å². The maximum absolute atomic E-state index is 14.5. The van der Waals surface area contributed by atoms with Crippen LogP contribution in [0.5, 0.6) is 0 Å². The topological polar surface area (TPSA) is 85.2 Å². The number of aromatic nitrogens is 3. The zero-order valence-corrected chi connectivity index (χ0v) is 22.6. The first-order valence-electron chi connectivity index (χ1n) is 13.8. The fourth-order valence-electron chi connectivity index (χ4n) is 6.09. The second-order valence-electron chi connectivity index (χ2n) is 11.4. The number of allylic oxidation sites excluding steroid dienone is 2. The van der Waals surface area contributed by atoms with Crippen molar-refractivity contribution in [3.63, 3.8) is 0 Å². The lowest BCUT2D eigenvalue weighted by Gasteiger charge is -2.27. The van der Waals surface area contributed by atoms with E-state index in [1.807, 2.05) is 36.6 Å². The van der Waals surface area contributed by atoms with Crippen LogP contribution >= 0.6 is 0 Å². The van der Waals surface area contributed by atoms with E-state index in [9.17, 15) is 18.8 Å². The van der Waals surface area contributed by atoms with Crippen LogP contribution in [0.3, 0.4) is 0 Å². The van der Waals surface area contributed by atoms with Crippen LogP contribution in [-0.4, -0.2) is 49.0 Å². The van der Waals surface area contributed by atoms with Crippen molar-refractivity contribution in [2.75, 3.05) is 0 Å². The van der Waals surface area contributed by atoms with Gasteiger partial charge in [-0.25, -0.2) is 14.4 Å². The number of Topliss-reactive ketones (excluding diaryl/α,β-unsaturated/α-hetero) is 2. The van der Waals surface area contributed by atoms with Gasteiger partial charge in [-0.1, -0.05) is 6.07 Å². The summed E-state index contributed by atoms with van der Waals surface area (Å²) in [7, 11) is 0. The zero-order chi connectivity index (χ0) is 27.4. The van der Waals surface area contributed by atoms with Crippen LogP contribution in [0.4, 0.5) is 4.39 Å². The predicted molar refractivity (Wildman–Crippen MR) is 146 cm³/mol. The number of rotatable bonds is 9. The number of carbonyl (C=O) groups is 3. The lowest BCUT2D eigenvalue weighted by Crippen LogP contribution is -2.44. The van der Waals surface area contributed by atoms with Crippen molar-refractivity contribution in [3.05, 3.63) is 59.6 Å². The largest absolute Gasteiger partial charge is 0.337 e. The number of halogens is 1. The Morgan fingerprint density at radius 3 is 2.46 bits per heavy atom. The smallest absolute Gasteiger partial charge is 0.243 e. The third-order valence-electron chi connectivity index (χ3n) is 8.65. The molecule has 3 heterocycles. The zero-order valence-electron chi connectivity index (χ0n) is 22.6. The Balaban J connectivity index is 1.22. The van der Waals surface area contributed by atoms with E-state index < -0.39 is 6.04 Å². The Bertz CT molecular complexity index is 1520. The van der Waals surface area contributed by atoms with Gasteiger partial charge in [0.2, 0.25) is 5.91 Å². The van der Waals surface area contributed by atoms with E-state index in [0.29, 0.717) is 29.6 Å². The number of benzene rings is 1. The molecule has 39 heavy (non-hydrogen) atoms. The quantitative estimate of drug-likeness (QED) is 0.338. The van der Waals surface area contributed by atoms with Gasteiger partial charge in [0.25, 0.3) is 0 Å². The van der Waals surface area contributed by atoms with Gasteiger partial charge in [0.15, 0.2) is 11.6 Å². The van der Waals surface area contributed by atoms with Crippen LogP contribution < -0.4 is 0 Å². The Kier molecular flexibility index (Phi) is 6.44. The van der Waals surface area contributed by atoms with Gasteiger partial charge in [0.05, 0.1) is 11.9 Å². The Morgan fingerprint density at radius 1 is 1.03 bits per heavy atom. The van der Waals surface area contributed by atoms with E-state index in [0.717, 1.165) is 46.9 Å². The molecule has 0 spiro atoms. The Hall–Kier alpha value is -3.68. The number of hydrogen-bond donors (Lipinski definition) is 0. The Labute approximate surface area is 227 Å². The average Bonchev–Trinajstić information content (AvgIpc) is 3.85. The molecule has 1 aromatic carbocycles. The molecule has 0 N–H and O–H groups in total. The van der Waals surface area contributed by atoms with Gasteiger partial charge in [0, 0.05) is 59.5 Å². The third-order valence-corrected chi connectivity index (χ3v) is 8.65. The van der Waals surface area contributed by atoms with Gasteiger partial charge in [-0.05, 0) is 81.6 Å². The highest BCUT2D eigenvalue weighted by atomic mass is 19.1. The molecule has 0 bridgehead atoms. The van der Waals surface area contributed by atoms with Gasteiger partial charge < -0.3 is 9.47 Å². The van der Waals surface area contributed by atoms with E-state index in [-0.39, 0.29) is 48.7 Å². The molecule has 202 valence electrons. The lowest BCUT2D eigenvalue weighted by molar-refractivity contribution is -0.139. The van der Waals surface area contributed by atoms with Crippen molar-refractivity contribution in [2.24, 2.45) is 11.8 Å². The van der Waals surface area contributed by atoms with Crippen molar-refractivity contribution in [1.82, 2.24) is 19.4 Å². The molecule has 1 saturated heterocycles. The molecular formula is C31H33FN4O3. The van der Waals surface area contributed by atoms with Crippen molar-refractivity contribution in [1.29, 1.82) is 0 Å². The van der Waals surface area contributed by atoms with Crippen LogP contribution in [-0.2, 0) is 16.1 Å². The summed E-state index contributed by atoms with van der Waals surface area (Å²) < 4.78 is 16.4. The van der Waals surface area contributed by atoms with Gasteiger partial charge in [-0.15, -0.1) is 0 Å². The van der Waals surface area contributed by atoms with E-state index in [1.54, 1.807) is 23.5 Å². The van der Waals surface area contributed by atoms with Crippen molar-refractivity contribution in [3.8, 4) is 11.1 Å². The monoisotopic (exact) mass is 528 g/mol. The summed E-state index contributed by atoms with van der Waals surface area (Å²) in [5.74, 6) is 0.934. The van der Waals surface area contributed by atoms with Gasteiger partial charge in [-0.3, -0.25) is 14.4 Å². The normalized spacial score (nSPS) is 22.6. The molecule has 6 rings (SSSR count). The first-order chi connectivity index (χ1) is 18.7. The number of nitrogens with zero attached hydrogens (tertiary/aromatic N) is 4. The van der Waals surface area contributed by atoms with E-state index in [4.69, 9.17) is 0 Å². The Morgan fingerprint density at radius 2 is 1.77 bits per heavy atom. The second-order valence-corrected chi connectivity index (χ2v) is 11.4. The summed E-state index contributed by atoms with van der Waals surface area (Å²) in [6.07, 6.45) is 9.12. The SMILES string of the molecule is CC(=O)c1cn(CC(=O)N2[C@@H]3C[C@@H]3C[C@H]2C(=O)CCC(F)=C(C)C2CC2)c2ccc(-c3cnc(C)nc3)cc12. The molecule has 2 aliphatic carbocycles. The summed E-state index contributed by atoms with van der Waals surface area (Å²) >= 11 is 0. The molecule has 3 fully saturated rings. The molecule has 0 radical (unpaired) electrons. The van der Waals surface area contributed by atoms with Crippen molar-refractivity contribution < 1.29 is 18.8 Å². The average molecular weight is 529 g/mol. The third kappa shape index (κ3) is 4.92. The molecule has 8 heteroatoms. The molecule has 2 aromatic heterocycles. The number of carbonyl (C=O) groups excluding carboxylic acids is 3. The first-order valence-corrected chi connectivity index (χ1v) is 13.8. The maximum atomic E-state index is 14.5. The first kappa shape index (κ1) is 25.6. The van der Waals surface area contributed by atoms with E-state index in [2.05, 4.69) is 9.97 Å². The van der Waals surface area contributed by atoms with Gasteiger partial charge in [-0.2, -0.15) is 0 Å². The number of piperidine rings is 1. The summed E-state index contributed by atoms with van der Waals surface area (Å²) in [6, 6.07) is 5.38. The molecule has 3 atom stereocenters. The fourth-order valence-corrected chi connectivity index (χ4v) is 6.09. The van der Waals surface area contributed by atoms with Crippen LogP contribution in [0.2, 0.25) is 0 Å². The van der Waals surface area contributed by atoms with E-state index >= 15 is 0 Å². The summed E-state index contributed by atoms with van der Waals surface area (Å²) in [5, 5.41) is 0.764. The minimum Gasteiger partial charge on any atom is -0.337 e. The minimum atomic E-state index is -0.488. The summed E-state index contributed by atoms with van der Waals surface area (Å²) in [6.45, 7) is 5.21. The number of ketones is 2. The summed E-state index contributed by atoms with van der Waals surface area (Å²) in [4.78, 5) is 49.6. The molecule has 3 aromatic rings. The van der Waals surface area contributed by atoms with Crippen LogP contribution in [0, 0.1) is 18.8 Å². The highest BCUT2D eigenvalue weighted by molar-refractivity contribution is 6.08. The molecule has 1 aliphatic heterocycles. The number of hydrogen-bond acceptors (Lipinski definition) is 5. The molecular weight excluding hydrogens is 495 g/mol. The van der Waals surface area contributed by atoms with Crippen LogP contribution in [0.1, 0.15) is 68.6 Å². The van der Waals surface area contributed by atoms with Gasteiger partial charge in [0.1, 0.15) is 12.4 Å². The molecule has 3 aliphatic rings. The molecule has 1 amide bonds. The molecule has 2 saturated carbocycles. The summed E-state index contributed by atoms with van der Waals surface area (Å²) in [5.41, 5.74) is 3.83. The second kappa shape index (κ2) is 9.81. The van der Waals surface area contributed by atoms with Crippen molar-refractivity contribution in [2.45, 2.75) is 77.9 Å². The van der Waals surface area contributed by atoms with Crippen LogP contribution in [0.25, 0.3) is 22.0 Å². The number of fused-ring (bicyclic) bond motifs is 2. The number of aryl methyl sites for hydroxylation is 1. The number of likely N-dealkylation sites (tertiary alicyclic amines) is 1. The van der Waals surface area contributed by atoms with Crippen molar-refractivity contribution >= 4 is 28.4 Å². The standard InChI is InChI=1S/C31H33FN4O3/c1-17(20-4-5-20)26(32)7-9-30(38)29-12-22-11-28(22)36(29)31(39)16-35-15-25(18(2)37)24-10-21(6-8-27(24)35)23-13-33-19(3)34-14-23/h6,8,10,13-15,20,22,28-29H,4-5,7,9,11-12,16H2,1-3H3/t22-,28-,29+/m1/s1. The fraction of sp³-hybridized carbons (Fsp3) is 0.452. The predicted octanol–water partition coefficient (Wildman–Crippen LogP) is 5.60. The highest BCUT2D eigenvalue weighted by Crippen LogP contribution is 2.48. The van der Waals surface area contributed by atoms with E-state index in [1.165, 1.54) is 6.92 Å². The van der Waals surface area contributed by atoms with Gasteiger partial charge >= 0.3 is 0 Å². The highest BCUT2D eigenvalue weighted by Gasteiger charge is 2.55. The maximum Gasteiger partial charge on any atom is 0.243 e. The molecule has 7 nitrogen and oxygen atoms in total. The minimum absolute atomic E-state index is 0.0405.